The zero-order valence-corrected chi connectivity index (χ0v) is 11.1. The lowest BCUT2D eigenvalue weighted by Crippen LogP contribution is -2.00. The van der Waals surface area contributed by atoms with Gasteiger partial charge in [-0.15, -0.1) is 0 Å². The highest BCUT2D eigenvalue weighted by Crippen LogP contribution is 2.29. The molecule has 0 saturated carbocycles. The third-order valence-corrected chi connectivity index (χ3v) is 2.85. The molecule has 2 aromatic rings. The van der Waals surface area contributed by atoms with Crippen LogP contribution in [0.25, 0.3) is 0 Å². The molecule has 0 bridgehead atoms. The van der Waals surface area contributed by atoms with Crippen LogP contribution in [0.1, 0.15) is 16.1 Å². The van der Waals surface area contributed by atoms with Crippen molar-refractivity contribution in [3.8, 4) is 11.5 Å². The third-order valence-electron chi connectivity index (χ3n) is 2.35. The summed E-state index contributed by atoms with van der Waals surface area (Å²) in [6, 6.07) is 8.26. The van der Waals surface area contributed by atoms with Gasteiger partial charge in [0.25, 0.3) is 0 Å². The van der Waals surface area contributed by atoms with Crippen molar-refractivity contribution >= 4 is 21.9 Å². The number of pyridine rings is 1. The fourth-order valence-electron chi connectivity index (χ4n) is 1.45. The molecule has 0 fully saturated rings. The second-order valence-electron chi connectivity index (χ2n) is 3.63. The largest absolute Gasteiger partial charge is 0.478 e. The number of benzene rings is 1. The number of halogens is 1. The molecule has 1 N–H and O–H groups in total. The Hall–Kier alpha value is -1.88. The maximum atomic E-state index is 11.1. The Morgan fingerprint density at radius 1 is 1.33 bits per heavy atom. The fraction of sp³-hybridized carbons (Fsp3) is 0.0769. The molecule has 18 heavy (non-hydrogen) atoms. The third kappa shape index (κ3) is 2.68. The summed E-state index contributed by atoms with van der Waals surface area (Å²) in [7, 11) is 0. The molecule has 92 valence electrons. The molecule has 0 aliphatic carbocycles. The molecule has 4 nitrogen and oxygen atoms in total. The van der Waals surface area contributed by atoms with E-state index in [0.29, 0.717) is 11.4 Å². The predicted molar refractivity (Wildman–Crippen MR) is 70.1 cm³/mol. The van der Waals surface area contributed by atoms with E-state index < -0.39 is 5.97 Å². The summed E-state index contributed by atoms with van der Waals surface area (Å²) in [5, 5.41) is 9.09. The van der Waals surface area contributed by atoms with Crippen molar-refractivity contribution in [3.63, 3.8) is 0 Å². The van der Waals surface area contributed by atoms with Gasteiger partial charge in [0.15, 0.2) is 0 Å². The van der Waals surface area contributed by atoms with Gasteiger partial charge in [0.1, 0.15) is 17.1 Å². The van der Waals surface area contributed by atoms with Crippen molar-refractivity contribution < 1.29 is 14.6 Å². The quantitative estimate of drug-likeness (QED) is 0.940. The highest BCUT2D eigenvalue weighted by atomic mass is 79.9. The number of carboxylic acids is 1. The van der Waals surface area contributed by atoms with E-state index in [4.69, 9.17) is 9.84 Å². The van der Waals surface area contributed by atoms with E-state index in [0.717, 1.165) is 4.47 Å². The molecule has 0 aliphatic rings. The van der Waals surface area contributed by atoms with Crippen molar-refractivity contribution in [1.82, 2.24) is 4.98 Å². The maximum Gasteiger partial charge on any atom is 0.339 e. The summed E-state index contributed by atoms with van der Waals surface area (Å²) in [6.45, 7) is 1.80. The van der Waals surface area contributed by atoms with Crippen LogP contribution in [0, 0.1) is 6.92 Å². The summed E-state index contributed by atoms with van der Waals surface area (Å²) >= 11 is 3.29. The van der Waals surface area contributed by atoms with E-state index in [-0.39, 0.29) is 11.3 Å². The fourth-order valence-corrected chi connectivity index (χ4v) is 1.79. The molecule has 0 saturated heterocycles. The highest BCUT2D eigenvalue weighted by Gasteiger charge is 2.13. The monoisotopic (exact) mass is 307 g/mol. The zero-order valence-electron chi connectivity index (χ0n) is 9.55. The van der Waals surface area contributed by atoms with Crippen LogP contribution < -0.4 is 4.74 Å². The van der Waals surface area contributed by atoms with E-state index in [1.165, 1.54) is 6.07 Å². The molecular weight excluding hydrogens is 298 g/mol. The lowest BCUT2D eigenvalue weighted by molar-refractivity contribution is 0.0694. The van der Waals surface area contributed by atoms with Gasteiger partial charge in [0, 0.05) is 10.7 Å². The Morgan fingerprint density at radius 3 is 2.78 bits per heavy atom. The Bertz CT molecular complexity index is 599. The van der Waals surface area contributed by atoms with Crippen molar-refractivity contribution in [2.75, 3.05) is 0 Å². The number of hydrogen-bond acceptors (Lipinski definition) is 3. The minimum absolute atomic E-state index is 0.112. The lowest BCUT2D eigenvalue weighted by Gasteiger charge is -2.10. The van der Waals surface area contributed by atoms with Crippen molar-refractivity contribution in [1.29, 1.82) is 0 Å². The van der Waals surface area contributed by atoms with E-state index >= 15 is 0 Å². The van der Waals surface area contributed by atoms with Crippen molar-refractivity contribution in [2.45, 2.75) is 6.92 Å². The van der Waals surface area contributed by atoms with Crippen LogP contribution in [0.15, 0.2) is 41.0 Å². The second-order valence-corrected chi connectivity index (χ2v) is 4.55. The van der Waals surface area contributed by atoms with Crippen LogP contribution in [0.2, 0.25) is 0 Å². The lowest BCUT2D eigenvalue weighted by atomic mass is 10.2. The normalized spacial score (nSPS) is 10.1. The van der Waals surface area contributed by atoms with Gasteiger partial charge in [-0.25, -0.2) is 4.79 Å². The van der Waals surface area contributed by atoms with Gasteiger partial charge in [-0.2, -0.15) is 0 Å². The van der Waals surface area contributed by atoms with Crippen LogP contribution in [0.3, 0.4) is 0 Å². The molecule has 0 aliphatic heterocycles. The molecule has 5 heteroatoms. The minimum atomic E-state index is -1.03. The number of ether oxygens (including phenoxy) is 1. The van der Waals surface area contributed by atoms with E-state index in [9.17, 15) is 4.79 Å². The smallest absolute Gasteiger partial charge is 0.339 e. The summed E-state index contributed by atoms with van der Waals surface area (Å²) < 4.78 is 6.36. The van der Waals surface area contributed by atoms with Crippen LogP contribution in [0.4, 0.5) is 0 Å². The standard InChI is InChI=1S/C13H10BrNO3/c1-8-11(3-2-6-15-8)18-12-7-9(14)4-5-10(12)13(16)17/h2-7H,1H3,(H,16,17). The number of aryl methyl sites for hydroxylation is 1. The van der Waals surface area contributed by atoms with Crippen LogP contribution >= 0.6 is 15.9 Å². The van der Waals surface area contributed by atoms with Gasteiger partial charge >= 0.3 is 5.97 Å². The summed E-state index contributed by atoms with van der Waals surface area (Å²) in [5.41, 5.74) is 0.815. The SMILES string of the molecule is Cc1ncccc1Oc1cc(Br)ccc1C(=O)O. The number of hydrogen-bond donors (Lipinski definition) is 1. The molecule has 0 radical (unpaired) electrons. The zero-order chi connectivity index (χ0) is 13.1. The van der Waals surface area contributed by atoms with Gasteiger partial charge in [0.05, 0.1) is 5.69 Å². The Balaban J connectivity index is 2.42. The average Bonchev–Trinajstić information content (AvgIpc) is 2.32. The van der Waals surface area contributed by atoms with Crippen LogP contribution in [-0.4, -0.2) is 16.1 Å². The predicted octanol–water partition coefficient (Wildman–Crippen LogP) is 3.64. The molecule has 2 rings (SSSR count). The van der Waals surface area contributed by atoms with Crippen LogP contribution in [-0.2, 0) is 0 Å². The topological polar surface area (TPSA) is 59.4 Å². The number of aromatic nitrogens is 1. The average molecular weight is 308 g/mol. The van der Waals surface area contributed by atoms with Crippen LogP contribution in [0.5, 0.6) is 11.5 Å². The maximum absolute atomic E-state index is 11.1. The van der Waals surface area contributed by atoms with Gasteiger partial charge in [0.2, 0.25) is 0 Å². The molecule has 0 spiro atoms. The summed E-state index contributed by atoms with van der Waals surface area (Å²) in [5.74, 6) is -0.204. The molecule has 1 aromatic heterocycles. The number of nitrogens with zero attached hydrogens (tertiary/aromatic N) is 1. The van der Waals surface area contributed by atoms with E-state index in [2.05, 4.69) is 20.9 Å². The first kappa shape index (κ1) is 12.6. The molecule has 0 amide bonds. The van der Waals surface area contributed by atoms with Gasteiger partial charge in [-0.3, -0.25) is 4.98 Å². The first-order valence-corrected chi connectivity index (χ1v) is 5.99. The molecule has 1 aromatic carbocycles. The molecule has 1 heterocycles. The highest BCUT2D eigenvalue weighted by molar-refractivity contribution is 9.10. The molecular formula is C13H10BrNO3. The summed E-state index contributed by atoms with van der Waals surface area (Å²) in [6.07, 6.45) is 1.65. The van der Waals surface area contributed by atoms with Gasteiger partial charge in [-0.1, -0.05) is 15.9 Å². The first-order chi connectivity index (χ1) is 8.58. The van der Waals surface area contributed by atoms with E-state index in [1.54, 1.807) is 37.4 Å². The molecule has 0 atom stereocenters. The van der Waals surface area contributed by atoms with Crippen molar-refractivity contribution in [3.05, 3.63) is 52.3 Å². The van der Waals surface area contributed by atoms with Gasteiger partial charge < -0.3 is 9.84 Å². The van der Waals surface area contributed by atoms with Gasteiger partial charge in [-0.05, 0) is 37.3 Å². The molecule has 0 unspecified atom stereocenters. The second kappa shape index (κ2) is 5.18. The Morgan fingerprint density at radius 2 is 2.11 bits per heavy atom. The number of carboxylic acid groups (broad SMARTS) is 1. The summed E-state index contributed by atoms with van der Waals surface area (Å²) in [4.78, 5) is 15.2. The number of aromatic carboxylic acids is 1. The van der Waals surface area contributed by atoms with E-state index in [1.807, 2.05) is 0 Å². The van der Waals surface area contributed by atoms with Crippen molar-refractivity contribution in [2.24, 2.45) is 0 Å². The Kier molecular flexibility index (Phi) is 3.62. The Labute approximate surface area is 112 Å². The first-order valence-electron chi connectivity index (χ1n) is 5.20. The number of rotatable bonds is 3. The number of carbonyl (C=O) groups is 1. The minimum Gasteiger partial charge on any atom is -0.478 e.